The number of nitrogens with one attached hydrogen (secondary N) is 1. The molecule has 0 saturated carbocycles. The number of aromatic nitrogens is 3. The Morgan fingerprint density at radius 3 is 2.60 bits per heavy atom. The third kappa shape index (κ3) is 4.36. The molecule has 7 nitrogen and oxygen atoms in total. The van der Waals surface area contributed by atoms with E-state index in [2.05, 4.69) is 15.4 Å². The van der Waals surface area contributed by atoms with Crippen molar-refractivity contribution in [3.05, 3.63) is 100 Å². The van der Waals surface area contributed by atoms with Gasteiger partial charge in [0.05, 0.1) is 23.3 Å². The molecule has 0 radical (unpaired) electrons. The number of fused-ring (bicyclic) bond motifs is 1. The standard InChI is InChI=1S/C28H24N4O3/c1-17-10-22(18(2)31-25-7-5-4-6-20(25)16-33)28-23(11-17)26(34)12-27(35-28)19-8-9-24(29-13-19)21-14-30-32(3)15-21/h4-16,18,31H,1-3H3. The van der Waals surface area contributed by atoms with Gasteiger partial charge < -0.3 is 9.73 Å². The lowest BCUT2D eigenvalue weighted by molar-refractivity contribution is 0.112. The van der Waals surface area contributed by atoms with E-state index in [1.807, 2.05) is 69.6 Å². The summed E-state index contributed by atoms with van der Waals surface area (Å²) in [6.07, 6.45) is 6.17. The summed E-state index contributed by atoms with van der Waals surface area (Å²) in [6, 6.07) is 16.2. The normalized spacial score (nSPS) is 12.0. The van der Waals surface area contributed by atoms with Crippen LogP contribution in [0, 0.1) is 6.92 Å². The molecule has 0 amide bonds. The molecule has 174 valence electrons. The van der Waals surface area contributed by atoms with Crippen molar-refractivity contribution in [2.75, 3.05) is 5.32 Å². The highest BCUT2D eigenvalue weighted by molar-refractivity contribution is 5.86. The number of hydrogen-bond donors (Lipinski definition) is 1. The fourth-order valence-electron chi connectivity index (χ4n) is 4.20. The molecular weight excluding hydrogens is 440 g/mol. The molecule has 0 spiro atoms. The lowest BCUT2D eigenvalue weighted by Crippen LogP contribution is -2.11. The molecule has 1 N–H and O–H groups in total. The van der Waals surface area contributed by atoms with Crippen molar-refractivity contribution >= 4 is 22.9 Å². The summed E-state index contributed by atoms with van der Waals surface area (Å²) in [4.78, 5) is 29.1. The number of aldehydes is 1. The molecular formula is C28H24N4O3. The molecule has 0 saturated heterocycles. The van der Waals surface area contributed by atoms with Gasteiger partial charge in [-0.05, 0) is 49.7 Å². The molecule has 2 aromatic carbocycles. The number of hydrogen-bond acceptors (Lipinski definition) is 6. The number of benzene rings is 2. The van der Waals surface area contributed by atoms with Crippen molar-refractivity contribution in [3.8, 4) is 22.6 Å². The predicted octanol–water partition coefficient (Wildman–Crippen LogP) is 5.55. The summed E-state index contributed by atoms with van der Waals surface area (Å²) < 4.78 is 8.04. The number of rotatable bonds is 6. The highest BCUT2D eigenvalue weighted by Gasteiger charge is 2.17. The van der Waals surface area contributed by atoms with Gasteiger partial charge in [-0.2, -0.15) is 5.10 Å². The minimum absolute atomic E-state index is 0.122. The first-order valence-corrected chi connectivity index (χ1v) is 11.3. The molecule has 35 heavy (non-hydrogen) atoms. The fourth-order valence-corrected chi connectivity index (χ4v) is 4.20. The largest absolute Gasteiger partial charge is 0.455 e. The molecule has 3 heterocycles. The zero-order valence-corrected chi connectivity index (χ0v) is 19.6. The van der Waals surface area contributed by atoms with Gasteiger partial charge in [0, 0.05) is 53.4 Å². The number of carbonyl (C=O) groups excluding carboxylic acids is 1. The van der Waals surface area contributed by atoms with Crippen LogP contribution in [-0.2, 0) is 7.05 Å². The summed E-state index contributed by atoms with van der Waals surface area (Å²) in [5, 5.41) is 8.09. The number of nitrogens with zero attached hydrogens (tertiary/aromatic N) is 3. The van der Waals surface area contributed by atoms with E-state index < -0.39 is 0 Å². The van der Waals surface area contributed by atoms with Gasteiger partial charge in [-0.15, -0.1) is 0 Å². The molecule has 7 heteroatoms. The van der Waals surface area contributed by atoms with E-state index in [1.54, 1.807) is 23.1 Å². The molecule has 5 aromatic rings. The average Bonchev–Trinajstić information content (AvgIpc) is 3.30. The SMILES string of the molecule is Cc1cc(C(C)Nc2ccccc2C=O)c2oc(-c3ccc(-c4cnn(C)c4)nc3)cc(=O)c2c1. The molecule has 0 aliphatic heterocycles. The van der Waals surface area contributed by atoms with E-state index in [0.717, 1.165) is 34.4 Å². The highest BCUT2D eigenvalue weighted by atomic mass is 16.3. The first-order valence-electron chi connectivity index (χ1n) is 11.3. The van der Waals surface area contributed by atoms with Crippen LogP contribution in [0.5, 0.6) is 0 Å². The van der Waals surface area contributed by atoms with Crippen LogP contribution in [0.2, 0.25) is 0 Å². The number of aryl methyl sites for hydroxylation is 2. The molecule has 0 fully saturated rings. The maximum atomic E-state index is 13.1. The zero-order chi connectivity index (χ0) is 24.5. The second kappa shape index (κ2) is 9.02. The minimum Gasteiger partial charge on any atom is -0.455 e. The summed E-state index contributed by atoms with van der Waals surface area (Å²) in [5.74, 6) is 0.443. The molecule has 1 unspecified atom stereocenters. The van der Waals surface area contributed by atoms with Crippen LogP contribution >= 0.6 is 0 Å². The van der Waals surface area contributed by atoms with Gasteiger partial charge in [0.25, 0.3) is 0 Å². The molecule has 0 bridgehead atoms. The van der Waals surface area contributed by atoms with Crippen LogP contribution in [0.15, 0.2) is 82.4 Å². The van der Waals surface area contributed by atoms with Crippen LogP contribution in [-0.4, -0.2) is 21.1 Å². The van der Waals surface area contributed by atoms with Crippen molar-refractivity contribution in [1.29, 1.82) is 0 Å². The third-order valence-corrected chi connectivity index (χ3v) is 5.98. The lowest BCUT2D eigenvalue weighted by Gasteiger charge is -2.19. The van der Waals surface area contributed by atoms with Crippen LogP contribution in [0.25, 0.3) is 33.6 Å². The Morgan fingerprint density at radius 1 is 1.06 bits per heavy atom. The number of para-hydroxylation sites is 1. The van der Waals surface area contributed by atoms with Gasteiger partial charge in [-0.1, -0.05) is 18.2 Å². The van der Waals surface area contributed by atoms with E-state index in [-0.39, 0.29) is 11.5 Å². The van der Waals surface area contributed by atoms with Crippen LogP contribution in [0.4, 0.5) is 5.69 Å². The number of carbonyl (C=O) groups is 1. The van der Waals surface area contributed by atoms with Gasteiger partial charge in [0.2, 0.25) is 0 Å². The summed E-state index contributed by atoms with van der Waals surface area (Å²) in [6.45, 7) is 3.93. The van der Waals surface area contributed by atoms with Crippen molar-refractivity contribution in [3.63, 3.8) is 0 Å². The fraction of sp³-hybridized carbons (Fsp3) is 0.143. The second-order valence-corrected chi connectivity index (χ2v) is 8.61. The summed E-state index contributed by atoms with van der Waals surface area (Å²) in [5.41, 5.74) is 5.86. The van der Waals surface area contributed by atoms with Crippen molar-refractivity contribution in [2.45, 2.75) is 19.9 Å². The van der Waals surface area contributed by atoms with E-state index in [1.165, 1.54) is 6.07 Å². The third-order valence-electron chi connectivity index (χ3n) is 5.98. The molecule has 1 atom stereocenters. The van der Waals surface area contributed by atoms with Crippen molar-refractivity contribution in [1.82, 2.24) is 14.8 Å². The van der Waals surface area contributed by atoms with Gasteiger partial charge in [-0.25, -0.2) is 0 Å². The zero-order valence-electron chi connectivity index (χ0n) is 19.6. The van der Waals surface area contributed by atoms with Crippen molar-refractivity contribution < 1.29 is 9.21 Å². The minimum atomic E-state index is -0.219. The topological polar surface area (TPSA) is 90.0 Å². The van der Waals surface area contributed by atoms with Gasteiger partial charge in [0.1, 0.15) is 11.3 Å². The monoisotopic (exact) mass is 464 g/mol. The van der Waals surface area contributed by atoms with Gasteiger partial charge >= 0.3 is 0 Å². The Labute approximate surface area is 202 Å². The molecule has 3 aromatic heterocycles. The van der Waals surface area contributed by atoms with E-state index in [0.29, 0.717) is 27.9 Å². The van der Waals surface area contributed by atoms with Gasteiger partial charge in [-0.3, -0.25) is 19.3 Å². The maximum Gasteiger partial charge on any atom is 0.193 e. The van der Waals surface area contributed by atoms with E-state index in [9.17, 15) is 9.59 Å². The van der Waals surface area contributed by atoms with Crippen molar-refractivity contribution in [2.24, 2.45) is 7.05 Å². The average molecular weight is 465 g/mol. The quantitative estimate of drug-likeness (QED) is 0.331. The van der Waals surface area contributed by atoms with Gasteiger partial charge in [0.15, 0.2) is 11.7 Å². The van der Waals surface area contributed by atoms with Crippen LogP contribution in [0.1, 0.15) is 34.5 Å². The molecule has 0 aliphatic rings. The summed E-state index contributed by atoms with van der Waals surface area (Å²) >= 11 is 0. The Balaban J connectivity index is 1.57. The Hall–Kier alpha value is -4.52. The van der Waals surface area contributed by atoms with Crippen LogP contribution in [0.3, 0.4) is 0 Å². The molecule has 5 rings (SSSR count). The predicted molar refractivity (Wildman–Crippen MR) is 137 cm³/mol. The maximum absolute atomic E-state index is 13.1. The van der Waals surface area contributed by atoms with Crippen LogP contribution < -0.4 is 10.7 Å². The Bertz CT molecular complexity index is 1600. The highest BCUT2D eigenvalue weighted by Crippen LogP contribution is 2.31. The number of anilines is 1. The Morgan fingerprint density at radius 2 is 1.89 bits per heavy atom. The molecule has 0 aliphatic carbocycles. The van der Waals surface area contributed by atoms with E-state index >= 15 is 0 Å². The lowest BCUT2D eigenvalue weighted by atomic mass is 10.00. The Kier molecular flexibility index (Phi) is 5.74. The second-order valence-electron chi connectivity index (χ2n) is 8.61. The smallest absolute Gasteiger partial charge is 0.193 e. The first kappa shape index (κ1) is 22.3. The summed E-state index contributed by atoms with van der Waals surface area (Å²) in [7, 11) is 1.86. The first-order chi connectivity index (χ1) is 16.9. The number of pyridine rings is 1. The van der Waals surface area contributed by atoms with E-state index in [4.69, 9.17) is 4.42 Å².